The van der Waals surface area contributed by atoms with E-state index in [0.29, 0.717) is 16.3 Å². The molecule has 0 unspecified atom stereocenters. The van der Waals surface area contributed by atoms with Crippen LogP contribution >= 0.6 is 34.2 Å². The number of carboxylic acids is 1. The molecule has 0 saturated heterocycles. The van der Waals surface area contributed by atoms with Crippen LogP contribution in [0.3, 0.4) is 0 Å². The van der Waals surface area contributed by atoms with Gasteiger partial charge in [0.05, 0.1) is 23.4 Å². The Bertz CT molecular complexity index is 706. The summed E-state index contributed by atoms with van der Waals surface area (Å²) in [5.41, 5.74) is 1.07. The van der Waals surface area contributed by atoms with Crippen LogP contribution in [0.1, 0.15) is 26.4 Å². The molecule has 1 amide bonds. The highest BCUT2D eigenvalue weighted by atomic mass is 127. The van der Waals surface area contributed by atoms with Gasteiger partial charge < -0.3 is 10.4 Å². The molecule has 5 nitrogen and oxygen atoms in total. The molecule has 0 aliphatic rings. The van der Waals surface area contributed by atoms with Gasteiger partial charge in [0.25, 0.3) is 5.91 Å². The lowest BCUT2D eigenvalue weighted by Crippen LogP contribution is -2.24. The second kappa shape index (κ2) is 6.86. The van der Waals surface area contributed by atoms with Gasteiger partial charge in [0.2, 0.25) is 0 Å². The van der Waals surface area contributed by atoms with Crippen molar-refractivity contribution in [3.63, 3.8) is 0 Å². The number of carbonyl (C=O) groups is 2. The maximum Gasteiger partial charge on any atom is 0.335 e. The van der Waals surface area contributed by atoms with E-state index in [9.17, 15) is 9.59 Å². The maximum absolute atomic E-state index is 12.1. The van der Waals surface area contributed by atoms with Gasteiger partial charge in [-0.3, -0.25) is 9.78 Å². The van der Waals surface area contributed by atoms with Crippen molar-refractivity contribution in [2.24, 2.45) is 0 Å². The summed E-state index contributed by atoms with van der Waals surface area (Å²) in [7, 11) is 0. The molecule has 21 heavy (non-hydrogen) atoms. The van der Waals surface area contributed by atoms with Crippen molar-refractivity contribution in [2.75, 3.05) is 0 Å². The van der Waals surface area contributed by atoms with Crippen LogP contribution in [0.5, 0.6) is 0 Å². The van der Waals surface area contributed by atoms with Crippen molar-refractivity contribution in [1.29, 1.82) is 0 Å². The average Bonchev–Trinajstić information content (AvgIpc) is 2.47. The van der Waals surface area contributed by atoms with E-state index < -0.39 is 5.97 Å². The summed E-state index contributed by atoms with van der Waals surface area (Å²) in [5.74, 6) is -1.32. The minimum atomic E-state index is -1.03. The number of halogens is 2. The van der Waals surface area contributed by atoms with Gasteiger partial charge in [-0.25, -0.2) is 4.79 Å². The highest BCUT2D eigenvalue weighted by Crippen LogP contribution is 2.17. The van der Waals surface area contributed by atoms with Gasteiger partial charge in [-0.15, -0.1) is 0 Å². The summed E-state index contributed by atoms with van der Waals surface area (Å²) in [6, 6.07) is 7.86. The number of amides is 1. The van der Waals surface area contributed by atoms with Crippen molar-refractivity contribution in [1.82, 2.24) is 10.3 Å². The molecule has 0 saturated carbocycles. The van der Waals surface area contributed by atoms with Gasteiger partial charge in [-0.1, -0.05) is 11.6 Å². The normalized spacial score (nSPS) is 10.2. The molecule has 1 aromatic carbocycles. The Morgan fingerprint density at radius 3 is 2.76 bits per heavy atom. The highest BCUT2D eigenvalue weighted by Gasteiger charge is 2.11. The Balaban J connectivity index is 2.09. The molecule has 0 bridgehead atoms. The second-order valence-electron chi connectivity index (χ2n) is 4.15. The first-order valence-electron chi connectivity index (χ1n) is 5.89. The van der Waals surface area contributed by atoms with Crippen LogP contribution in [0.2, 0.25) is 5.02 Å². The minimum absolute atomic E-state index is 0.131. The summed E-state index contributed by atoms with van der Waals surface area (Å²) in [6.07, 6.45) is 1.40. The molecule has 0 aliphatic carbocycles. The zero-order valence-electron chi connectivity index (χ0n) is 10.6. The molecule has 2 aromatic rings. The first-order valence-corrected chi connectivity index (χ1v) is 7.34. The molecular weight excluding hydrogens is 407 g/mol. The molecule has 0 fully saturated rings. The number of pyridine rings is 1. The first-order chi connectivity index (χ1) is 9.97. The van der Waals surface area contributed by atoms with Crippen LogP contribution in [0.4, 0.5) is 0 Å². The molecule has 2 N–H and O–H groups in total. The van der Waals surface area contributed by atoms with Crippen molar-refractivity contribution in [3.05, 3.63) is 61.9 Å². The summed E-state index contributed by atoms with van der Waals surface area (Å²) < 4.78 is 0.779. The largest absolute Gasteiger partial charge is 0.478 e. The van der Waals surface area contributed by atoms with E-state index in [4.69, 9.17) is 16.7 Å². The number of carboxylic acid groups (broad SMARTS) is 1. The highest BCUT2D eigenvalue weighted by molar-refractivity contribution is 14.1. The van der Waals surface area contributed by atoms with Gasteiger partial charge >= 0.3 is 5.97 Å². The van der Waals surface area contributed by atoms with Crippen LogP contribution in [0, 0.1) is 3.57 Å². The Hall–Kier alpha value is -1.67. The molecule has 0 aliphatic heterocycles. The van der Waals surface area contributed by atoms with Crippen molar-refractivity contribution in [3.8, 4) is 0 Å². The number of aromatic nitrogens is 1. The summed E-state index contributed by atoms with van der Waals surface area (Å²) in [5, 5.41) is 12.1. The van der Waals surface area contributed by atoms with E-state index in [1.165, 1.54) is 18.3 Å². The SMILES string of the molecule is O=C(O)c1ccnc(CNC(=O)c2cc(Cl)ccc2I)c1. The number of benzene rings is 1. The number of nitrogens with zero attached hydrogens (tertiary/aromatic N) is 1. The van der Waals surface area contributed by atoms with Gasteiger partial charge in [0, 0.05) is 14.8 Å². The summed E-state index contributed by atoms with van der Waals surface area (Å²) in [4.78, 5) is 27.0. The Morgan fingerprint density at radius 1 is 1.29 bits per heavy atom. The molecule has 1 heterocycles. The fourth-order valence-electron chi connectivity index (χ4n) is 1.65. The van der Waals surface area contributed by atoms with E-state index in [0.717, 1.165) is 3.57 Å². The van der Waals surface area contributed by atoms with Crippen LogP contribution in [-0.2, 0) is 6.54 Å². The number of hydrogen-bond donors (Lipinski definition) is 2. The van der Waals surface area contributed by atoms with Crippen LogP contribution in [0.25, 0.3) is 0 Å². The fraction of sp³-hybridized carbons (Fsp3) is 0.0714. The van der Waals surface area contributed by atoms with E-state index >= 15 is 0 Å². The Morgan fingerprint density at radius 2 is 2.05 bits per heavy atom. The lowest BCUT2D eigenvalue weighted by molar-refractivity contribution is 0.0696. The van der Waals surface area contributed by atoms with Gasteiger partial charge in [-0.05, 0) is 52.9 Å². The lowest BCUT2D eigenvalue weighted by Gasteiger charge is -2.07. The number of aromatic carboxylic acids is 1. The van der Waals surface area contributed by atoms with Crippen molar-refractivity contribution in [2.45, 2.75) is 6.54 Å². The molecule has 0 spiro atoms. The third-order valence-corrected chi connectivity index (χ3v) is 3.84. The standard InChI is InChI=1S/C14H10ClIN2O3/c15-9-1-2-12(16)11(6-9)13(19)18-7-10-5-8(14(20)21)3-4-17-10/h1-6H,7H2,(H,18,19)(H,20,21). The summed E-state index contributed by atoms with van der Waals surface area (Å²) in [6.45, 7) is 0.141. The van der Waals surface area contributed by atoms with Gasteiger partial charge in [0.1, 0.15) is 0 Å². The van der Waals surface area contributed by atoms with E-state index in [-0.39, 0.29) is 18.0 Å². The second-order valence-corrected chi connectivity index (χ2v) is 5.75. The molecule has 0 radical (unpaired) electrons. The number of hydrogen-bond acceptors (Lipinski definition) is 3. The monoisotopic (exact) mass is 416 g/mol. The first kappa shape index (κ1) is 15.7. The molecule has 1 aromatic heterocycles. The predicted molar refractivity (Wildman–Crippen MR) is 86.5 cm³/mol. The summed E-state index contributed by atoms with van der Waals surface area (Å²) >= 11 is 7.92. The predicted octanol–water partition coefficient (Wildman–Crippen LogP) is 2.97. The molecule has 108 valence electrons. The third kappa shape index (κ3) is 4.15. The van der Waals surface area contributed by atoms with Crippen LogP contribution < -0.4 is 5.32 Å². The Labute approximate surface area is 139 Å². The van der Waals surface area contributed by atoms with Crippen molar-refractivity contribution >= 4 is 46.1 Å². The smallest absolute Gasteiger partial charge is 0.335 e. The quantitative estimate of drug-likeness (QED) is 0.751. The Kier molecular flexibility index (Phi) is 5.13. The van der Waals surface area contributed by atoms with Crippen LogP contribution in [0.15, 0.2) is 36.5 Å². The number of nitrogens with one attached hydrogen (secondary N) is 1. The third-order valence-electron chi connectivity index (χ3n) is 2.67. The average molecular weight is 417 g/mol. The molecular formula is C14H10ClIN2O3. The molecule has 2 rings (SSSR count). The van der Waals surface area contributed by atoms with Gasteiger partial charge in [0.15, 0.2) is 0 Å². The zero-order valence-corrected chi connectivity index (χ0v) is 13.6. The fourth-order valence-corrected chi connectivity index (χ4v) is 2.40. The topological polar surface area (TPSA) is 79.3 Å². The van der Waals surface area contributed by atoms with E-state index in [1.807, 2.05) is 22.6 Å². The number of rotatable bonds is 4. The maximum atomic E-state index is 12.1. The molecule has 7 heteroatoms. The lowest BCUT2D eigenvalue weighted by atomic mass is 10.2. The zero-order chi connectivity index (χ0) is 15.4. The number of carbonyl (C=O) groups excluding carboxylic acids is 1. The van der Waals surface area contributed by atoms with Crippen molar-refractivity contribution < 1.29 is 14.7 Å². The minimum Gasteiger partial charge on any atom is -0.478 e. The van der Waals surface area contributed by atoms with Gasteiger partial charge in [-0.2, -0.15) is 0 Å². The van der Waals surface area contributed by atoms with E-state index in [1.54, 1.807) is 18.2 Å². The van der Waals surface area contributed by atoms with E-state index in [2.05, 4.69) is 10.3 Å². The van der Waals surface area contributed by atoms with Crippen LogP contribution in [-0.4, -0.2) is 22.0 Å². The molecule has 0 atom stereocenters.